The lowest BCUT2D eigenvalue weighted by Crippen LogP contribution is -2.46. The number of ether oxygens (including phenoxy) is 1. The summed E-state index contributed by atoms with van der Waals surface area (Å²) < 4.78 is 57.0. The van der Waals surface area contributed by atoms with E-state index in [0.29, 0.717) is 13.0 Å². The van der Waals surface area contributed by atoms with Gasteiger partial charge in [0, 0.05) is 18.8 Å². The first-order valence-corrected chi connectivity index (χ1v) is 11.7. The Bertz CT molecular complexity index is 800. The third-order valence-corrected chi connectivity index (χ3v) is 7.39. The van der Waals surface area contributed by atoms with Crippen LogP contribution in [-0.4, -0.2) is 60.2 Å². The van der Waals surface area contributed by atoms with Crippen LogP contribution >= 0.6 is 0 Å². The molecule has 0 unspecified atom stereocenters. The Balaban J connectivity index is 2.54. The summed E-state index contributed by atoms with van der Waals surface area (Å²) >= 11 is 0. The molecule has 1 fully saturated rings. The van der Waals surface area contributed by atoms with E-state index in [-0.39, 0.29) is 21.6 Å². The molecule has 0 radical (unpaired) electrons. The molecule has 7 nitrogen and oxygen atoms in total. The van der Waals surface area contributed by atoms with Gasteiger partial charge in [-0.15, -0.1) is 0 Å². The number of sulfonamides is 1. The largest absolute Gasteiger partial charge is 0.495 e. The molecule has 1 saturated heterocycles. The van der Waals surface area contributed by atoms with Crippen molar-refractivity contribution in [1.82, 2.24) is 9.62 Å². The van der Waals surface area contributed by atoms with E-state index in [1.54, 1.807) is 0 Å². The van der Waals surface area contributed by atoms with Crippen molar-refractivity contribution in [2.75, 3.05) is 33.0 Å². The summed E-state index contributed by atoms with van der Waals surface area (Å²) in [5, 5.41) is 3.23. The van der Waals surface area contributed by atoms with Crippen LogP contribution < -0.4 is 10.1 Å². The summed E-state index contributed by atoms with van der Waals surface area (Å²) in [7, 11) is -6.02. The fourth-order valence-corrected chi connectivity index (χ4v) is 5.71. The minimum Gasteiger partial charge on any atom is -0.495 e. The molecule has 1 aromatic carbocycles. The van der Waals surface area contributed by atoms with Crippen molar-refractivity contribution in [2.45, 2.75) is 42.0 Å². The van der Waals surface area contributed by atoms with E-state index >= 15 is 0 Å². The number of nitrogens with one attached hydrogen (secondary N) is 1. The van der Waals surface area contributed by atoms with E-state index in [1.165, 1.54) is 29.6 Å². The van der Waals surface area contributed by atoms with Gasteiger partial charge in [-0.25, -0.2) is 16.8 Å². The highest BCUT2D eigenvalue weighted by atomic mass is 32.2. The second-order valence-electron chi connectivity index (χ2n) is 6.18. The van der Waals surface area contributed by atoms with Gasteiger partial charge in [0.25, 0.3) is 0 Å². The van der Waals surface area contributed by atoms with E-state index < -0.39 is 19.9 Å². The van der Waals surface area contributed by atoms with Crippen LogP contribution in [-0.2, 0) is 19.9 Å². The first-order valence-electron chi connectivity index (χ1n) is 8.32. The maximum Gasteiger partial charge on any atom is 0.247 e. The summed E-state index contributed by atoms with van der Waals surface area (Å²) in [6, 6.07) is 3.86. The number of nitrogens with zero attached hydrogens (tertiary/aromatic N) is 1. The van der Waals surface area contributed by atoms with Crippen molar-refractivity contribution in [3.63, 3.8) is 0 Å². The Morgan fingerprint density at radius 1 is 1.20 bits per heavy atom. The molecule has 0 aromatic heterocycles. The van der Waals surface area contributed by atoms with E-state index in [9.17, 15) is 16.8 Å². The van der Waals surface area contributed by atoms with Gasteiger partial charge in [0.2, 0.25) is 10.0 Å². The van der Waals surface area contributed by atoms with Crippen molar-refractivity contribution < 1.29 is 21.6 Å². The van der Waals surface area contributed by atoms with Gasteiger partial charge in [0.1, 0.15) is 10.6 Å². The molecule has 1 heterocycles. The molecule has 1 aliphatic rings. The third-order valence-electron chi connectivity index (χ3n) is 4.31. The molecule has 25 heavy (non-hydrogen) atoms. The number of rotatable bonds is 7. The molecule has 142 valence electrons. The fraction of sp³-hybridized carbons (Fsp3) is 0.625. The zero-order valence-corrected chi connectivity index (χ0v) is 16.5. The zero-order valence-electron chi connectivity index (χ0n) is 14.9. The second kappa shape index (κ2) is 8.03. The monoisotopic (exact) mass is 390 g/mol. The molecular weight excluding hydrogens is 364 g/mol. The van der Waals surface area contributed by atoms with Gasteiger partial charge in [-0.1, -0.05) is 6.92 Å². The molecule has 1 aromatic rings. The van der Waals surface area contributed by atoms with Crippen LogP contribution in [0, 0.1) is 0 Å². The maximum absolute atomic E-state index is 13.3. The van der Waals surface area contributed by atoms with E-state index in [1.807, 2.05) is 6.92 Å². The van der Waals surface area contributed by atoms with Gasteiger partial charge in [-0.3, -0.25) is 0 Å². The summed E-state index contributed by atoms with van der Waals surface area (Å²) in [6.45, 7) is 3.84. The minimum absolute atomic E-state index is 0.0337. The Morgan fingerprint density at radius 3 is 2.36 bits per heavy atom. The Labute approximate surface area is 150 Å². The molecule has 2 rings (SSSR count). The predicted octanol–water partition coefficient (Wildman–Crippen LogP) is 1.25. The summed E-state index contributed by atoms with van der Waals surface area (Å²) in [6.07, 6.45) is 3.19. The standard InChI is InChI=1S/C16H26N2O5S2/c1-4-11-18(13-7-9-17-10-8-13)25(21,22)16-12-14(24(3,19)20)5-6-15(16)23-2/h5-6,12-13,17H,4,7-11H2,1-3H3. The van der Waals surface area contributed by atoms with Crippen molar-refractivity contribution >= 4 is 19.9 Å². The second-order valence-corrected chi connectivity index (χ2v) is 10.1. The van der Waals surface area contributed by atoms with Crippen molar-refractivity contribution in [2.24, 2.45) is 0 Å². The van der Waals surface area contributed by atoms with Gasteiger partial charge < -0.3 is 10.1 Å². The highest BCUT2D eigenvalue weighted by Crippen LogP contribution is 2.31. The van der Waals surface area contributed by atoms with Gasteiger partial charge in [-0.05, 0) is 50.6 Å². The van der Waals surface area contributed by atoms with Crippen LogP contribution in [0.3, 0.4) is 0 Å². The zero-order chi connectivity index (χ0) is 18.7. The summed E-state index contributed by atoms with van der Waals surface area (Å²) in [4.78, 5) is -0.126. The van der Waals surface area contributed by atoms with Gasteiger partial charge in [0.05, 0.1) is 12.0 Å². The number of hydrogen-bond acceptors (Lipinski definition) is 6. The van der Waals surface area contributed by atoms with Gasteiger partial charge in [0.15, 0.2) is 9.84 Å². The smallest absolute Gasteiger partial charge is 0.247 e. The van der Waals surface area contributed by atoms with Crippen LogP contribution in [0.4, 0.5) is 0 Å². The molecule has 0 saturated carbocycles. The van der Waals surface area contributed by atoms with Crippen LogP contribution in [0.15, 0.2) is 28.0 Å². The van der Waals surface area contributed by atoms with Gasteiger partial charge >= 0.3 is 0 Å². The molecule has 0 spiro atoms. The van der Waals surface area contributed by atoms with Crippen LogP contribution in [0.5, 0.6) is 5.75 Å². The molecule has 1 aliphatic heterocycles. The molecule has 0 amide bonds. The van der Waals surface area contributed by atoms with Gasteiger partial charge in [-0.2, -0.15) is 4.31 Å². The molecule has 1 N–H and O–H groups in total. The average Bonchev–Trinajstić information content (AvgIpc) is 2.58. The minimum atomic E-state index is -3.87. The summed E-state index contributed by atoms with van der Waals surface area (Å²) in [5.74, 6) is 0.155. The Hall–Kier alpha value is -1.16. The van der Waals surface area contributed by atoms with Crippen LogP contribution in [0.25, 0.3) is 0 Å². The SMILES string of the molecule is CCCN(C1CCNCC1)S(=O)(=O)c1cc(S(C)(=O)=O)ccc1OC. The first-order chi connectivity index (χ1) is 11.7. The van der Waals surface area contributed by atoms with Crippen molar-refractivity contribution in [1.29, 1.82) is 0 Å². The quantitative estimate of drug-likeness (QED) is 0.753. The number of benzene rings is 1. The Kier molecular flexibility index (Phi) is 6.47. The van der Waals surface area contributed by atoms with E-state index in [2.05, 4.69) is 5.32 Å². The topological polar surface area (TPSA) is 92.8 Å². The third kappa shape index (κ3) is 4.52. The molecule has 0 bridgehead atoms. The normalized spacial score (nSPS) is 17.0. The maximum atomic E-state index is 13.3. The number of piperidine rings is 1. The highest BCUT2D eigenvalue weighted by molar-refractivity contribution is 7.91. The molecular formula is C16H26N2O5S2. The fourth-order valence-electron chi connectivity index (χ4n) is 3.03. The molecule has 0 aliphatic carbocycles. The summed E-state index contributed by atoms with van der Waals surface area (Å²) in [5.41, 5.74) is 0. The van der Waals surface area contributed by atoms with Crippen molar-refractivity contribution in [3.8, 4) is 5.75 Å². The van der Waals surface area contributed by atoms with Crippen LogP contribution in [0.1, 0.15) is 26.2 Å². The predicted molar refractivity (Wildman–Crippen MR) is 96.2 cm³/mol. The Morgan fingerprint density at radius 2 is 1.84 bits per heavy atom. The number of methoxy groups -OCH3 is 1. The molecule has 9 heteroatoms. The molecule has 0 atom stereocenters. The number of sulfone groups is 1. The van der Waals surface area contributed by atoms with Crippen molar-refractivity contribution in [3.05, 3.63) is 18.2 Å². The first kappa shape index (κ1) is 20.2. The number of hydrogen-bond donors (Lipinski definition) is 1. The lowest BCUT2D eigenvalue weighted by atomic mass is 10.1. The lowest BCUT2D eigenvalue weighted by Gasteiger charge is -2.34. The highest BCUT2D eigenvalue weighted by Gasteiger charge is 2.34. The van der Waals surface area contributed by atoms with Crippen LogP contribution in [0.2, 0.25) is 0 Å². The van der Waals surface area contributed by atoms with E-state index in [0.717, 1.165) is 32.2 Å². The lowest BCUT2D eigenvalue weighted by molar-refractivity contribution is 0.261. The average molecular weight is 391 g/mol. The van der Waals surface area contributed by atoms with E-state index in [4.69, 9.17) is 4.74 Å².